The molecule has 16 nitrogen and oxygen atoms in total. The highest BCUT2D eigenvalue weighted by atomic mass is 16.4. The van der Waals surface area contributed by atoms with Crippen LogP contribution in [0, 0.1) is 0 Å². The number of carbonyl (C=O) groups is 5. The lowest BCUT2D eigenvalue weighted by Gasteiger charge is -2.25. The normalized spacial score (nSPS) is 13.7. The van der Waals surface area contributed by atoms with Gasteiger partial charge in [-0.2, -0.15) is 0 Å². The van der Waals surface area contributed by atoms with E-state index in [4.69, 9.17) is 27.4 Å². The minimum absolute atomic E-state index is 0.0317. The molecule has 0 aliphatic carbocycles. The number of nitrogens with two attached hydrogens (primary N) is 3. The van der Waals surface area contributed by atoms with Crippen molar-refractivity contribution in [3.05, 3.63) is 29.8 Å². The zero-order valence-electron chi connectivity index (χ0n) is 20.4. The second kappa shape index (κ2) is 15.6. The minimum atomic E-state index is -1.65. The summed E-state index contributed by atoms with van der Waals surface area (Å²) < 4.78 is 0. The van der Waals surface area contributed by atoms with E-state index >= 15 is 0 Å². The number of phenolic OH excluding ortho intramolecular Hbond substituents is 1. The van der Waals surface area contributed by atoms with Crippen molar-refractivity contribution in [3.63, 3.8) is 0 Å². The number of hydrogen-bond donors (Lipinski definition) is 10. The van der Waals surface area contributed by atoms with E-state index in [9.17, 15) is 34.2 Å². The van der Waals surface area contributed by atoms with Crippen molar-refractivity contribution >= 4 is 35.6 Å². The number of benzene rings is 1. The van der Waals surface area contributed by atoms with Crippen molar-refractivity contribution in [2.24, 2.45) is 22.2 Å². The molecule has 0 saturated carbocycles. The van der Waals surface area contributed by atoms with E-state index < -0.39 is 66.9 Å². The van der Waals surface area contributed by atoms with Crippen molar-refractivity contribution in [1.29, 1.82) is 0 Å². The maximum atomic E-state index is 13.1. The molecule has 1 rings (SSSR count). The predicted molar refractivity (Wildman–Crippen MR) is 132 cm³/mol. The summed E-state index contributed by atoms with van der Waals surface area (Å²) in [4.78, 5) is 64.3. The van der Waals surface area contributed by atoms with Gasteiger partial charge >= 0.3 is 11.9 Å². The van der Waals surface area contributed by atoms with Gasteiger partial charge in [0, 0.05) is 13.0 Å². The third-order valence-corrected chi connectivity index (χ3v) is 5.12. The van der Waals surface area contributed by atoms with Gasteiger partial charge in [-0.3, -0.25) is 24.2 Å². The molecule has 0 heterocycles. The SMILES string of the molecule is NC(N)=NCCCC(NC(=O)C(N)CC(=O)O)C(=O)NC(Cc1ccc(O)cc1)C(=O)NC(CO)C(=O)O. The number of aliphatic carboxylic acids is 2. The third kappa shape index (κ3) is 11.5. The number of aliphatic imine (C=N–C) groups is 1. The number of guanidine groups is 1. The lowest BCUT2D eigenvalue weighted by atomic mass is 10.0. The summed E-state index contributed by atoms with van der Waals surface area (Å²) in [5, 5.41) is 43.7. The lowest BCUT2D eigenvalue weighted by molar-refractivity contribution is -0.143. The Labute approximate surface area is 217 Å². The van der Waals surface area contributed by atoms with E-state index in [1.165, 1.54) is 24.3 Å². The van der Waals surface area contributed by atoms with Crippen LogP contribution < -0.4 is 33.2 Å². The first kappa shape index (κ1) is 31.6. The Hall–Kier alpha value is -4.44. The Morgan fingerprint density at radius 2 is 1.42 bits per heavy atom. The number of aliphatic hydroxyl groups excluding tert-OH is 1. The molecule has 1 aromatic carbocycles. The number of rotatable bonds is 16. The molecule has 0 aliphatic heterocycles. The van der Waals surface area contributed by atoms with Crippen LogP contribution in [0.1, 0.15) is 24.8 Å². The maximum absolute atomic E-state index is 13.1. The van der Waals surface area contributed by atoms with E-state index in [0.29, 0.717) is 5.56 Å². The van der Waals surface area contributed by atoms with Crippen LogP contribution in [-0.4, -0.2) is 93.4 Å². The Morgan fingerprint density at radius 1 is 0.868 bits per heavy atom. The second-order valence-electron chi connectivity index (χ2n) is 8.23. The van der Waals surface area contributed by atoms with Crippen LogP contribution >= 0.6 is 0 Å². The summed E-state index contributed by atoms with van der Waals surface area (Å²) in [5.74, 6) is -5.81. The van der Waals surface area contributed by atoms with E-state index in [1.807, 2.05) is 0 Å². The van der Waals surface area contributed by atoms with Gasteiger partial charge in [-0.15, -0.1) is 0 Å². The fourth-order valence-electron chi connectivity index (χ4n) is 3.14. The number of carbonyl (C=O) groups excluding carboxylic acids is 3. The quantitative estimate of drug-likeness (QED) is 0.0552. The van der Waals surface area contributed by atoms with Crippen LogP contribution in [-0.2, 0) is 30.4 Å². The molecule has 16 heteroatoms. The Bertz CT molecular complexity index is 1010. The fourth-order valence-corrected chi connectivity index (χ4v) is 3.14. The number of nitrogens with zero attached hydrogens (tertiary/aromatic N) is 1. The number of hydrogen-bond acceptors (Lipinski definition) is 9. The first-order chi connectivity index (χ1) is 17.8. The minimum Gasteiger partial charge on any atom is -0.508 e. The predicted octanol–water partition coefficient (Wildman–Crippen LogP) is -3.68. The standard InChI is InChI=1S/C22H33N7O9/c23-13(9-17(32)33)18(34)27-14(2-1-7-26-22(24)25)19(35)28-15(8-11-3-5-12(31)6-4-11)20(36)29-16(10-30)21(37)38/h3-6,13-16,30-31H,1-2,7-10,23H2,(H,27,34)(H,28,35)(H,29,36)(H,32,33)(H,37,38)(H4,24,25,26). The highest BCUT2D eigenvalue weighted by molar-refractivity contribution is 5.94. The van der Waals surface area contributed by atoms with E-state index in [2.05, 4.69) is 20.9 Å². The number of aliphatic hydroxyl groups is 1. The Morgan fingerprint density at radius 3 is 1.95 bits per heavy atom. The average molecular weight is 540 g/mol. The molecule has 3 amide bonds. The molecular weight excluding hydrogens is 506 g/mol. The molecule has 0 aromatic heterocycles. The lowest BCUT2D eigenvalue weighted by Crippen LogP contribution is -2.58. The van der Waals surface area contributed by atoms with Gasteiger partial charge < -0.3 is 53.6 Å². The van der Waals surface area contributed by atoms with Crippen LogP contribution in [0.2, 0.25) is 0 Å². The number of amides is 3. The monoisotopic (exact) mass is 539 g/mol. The summed E-state index contributed by atoms with van der Waals surface area (Å²) in [6, 6.07) is -0.135. The van der Waals surface area contributed by atoms with Crippen molar-refractivity contribution in [2.45, 2.75) is 49.9 Å². The van der Waals surface area contributed by atoms with Crippen molar-refractivity contribution in [1.82, 2.24) is 16.0 Å². The topological polar surface area (TPSA) is 293 Å². The molecule has 0 saturated heterocycles. The van der Waals surface area contributed by atoms with Crippen LogP contribution in [0.4, 0.5) is 0 Å². The molecule has 38 heavy (non-hydrogen) atoms. The number of aromatic hydroxyl groups is 1. The maximum Gasteiger partial charge on any atom is 0.328 e. The van der Waals surface area contributed by atoms with Crippen molar-refractivity contribution in [2.75, 3.05) is 13.2 Å². The molecule has 0 spiro atoms. The first-order valence-corrected chi connectivity index (χ1v) is 11.4. The first-order valence-electron chi connectivity index (χ1n) is 11.4. The van der Waals surface area contributed by atoms with Gasteiger partial charge in [-0.25, -0.2) is 4.79 Å². The molecule has 0 bridgehead atoms. The molecular formula is C22H33N7O9. The molecule has 4 unspecified atom stereocenters. The zero-order valence-corrected chi connectivity index (χ0v) is 20.4. The molecule has 0 aliphatic rings. The fraction of sp³-hybridized carbons (Fsp3) is 0.455. The Balaban J connectivity index is 3.15. The van der Waals surface area contributed by atoms with Gasteiger partial charge in [0.15, 0.2) is 5.96 Å². The van der Waals surface area contributed by atoms with Crippen molar-refractivity contribution in [3.8, 4) is 5.75 Å². The number of carboxylic acid groups (broad SMARTS) is 2. The molecule has 13 N–H and O–H groups in total. The van der Waals surface area contributed by atoms with E-state index in [-0.39, 0.29) is 37.5 Å². The van der Waals surface area contributed by atoms with E-state index in [1.54, 1.807) is 0 Å². The number of nitrogens with one attached hydrogen (secondary N) is 3. The van der Waals surface area contributed by atoms with Gasteiger partial charge in [-0.1, -0.05) is 12.1 Å². The van der Waals surface area contributed by atoms with Gasteiger partial charge in [0.05, 0.1) is 19.1 Å². The summed E-state index contributed by atoms with van der Waals surface area (Å²) >= 11 is 0. The van der Waals surface area contributed by atoms with Crippen LogP contribution in [0.15, 0.2) is 29.3 Å². The second-order valence-corrected chi connectivity index (χ2v) is 8.23. The summed E-state index contributed by atoms with van der Waals surface area (Å²) in [7, 11) is 0. The number of carboxylic acids is 2. The van der Waals surface area contributed by atoms with Gasteiger partial charge in [0.25, 0.3) is 0 Å². The molecule has 0 radical (unpaired) electrons. The van der Waals surface area contributed by atoms with Gasteiger partial charge in [0.1, 0.15) is 23.9 Å². The third-order valence-electron chi connectivity index (χ3n) is 5.12. The highest BCUT2D eigenvalue weighted by Crippen LogP contribution is 2.12. The highest BCUT2D eigenvalue weighted by Gasteiger charge is 2.30. The average Bonchev–Trinajstić information content (AvgIpc) is 2.84. The van der Waals surface area contributed by atoms with E-state index in [0.717, 1.165) is 0 Å². The number of phenols is 1. The molecule has 0 fully saturated rings. The molecule has 1 aromatic rings. The zero-order chi connectivity index (χ0) is 28.8. The molecule has 4 atom stereocenters. The van der Waals surface area contributed by atoms with Crippen LogP contribution in [0.5, 0.6) is 5.75 Å². The van der Waals surface area contributed by atoms with Crippen molar-refractivity contribution < 1.29 is 44.4 Å². The van der Waals surface area contributed by atoms with Crippen LogP contribution in [0.3, 0.4) is 0 Å². The smallest absolute Gasteiger partial charge is 0.328 e. The summed E-state index contributed by atoms with van der Waals surface area (Å²) in [5.41, 5.74) is 16.6. The summed E-state index contributed by atoms with van der Waals surface area (Å²) in [6.45, 7) is -0.816. The van der Waals surface area contributed by atoms with Gasteiger partial charge in [-0.05, 0) is 30.5 Å². The van der Waals surface area contributed by atoms with Crippen LogP contribution in [0.25, 0.3) is 0 Å². The van der Waals surface area contributed by atoms with Gasteiger partial charge in [0.2, 0.25) is 17.7 Å². The summed E-state index contributed by atoms with van der Waals surface area (Å²) in [6.07, 6.45) is -0.679. The largest absolute Gasteiger partial charge is 0.508 e. The molecule has 210 valence electrons. The Kier molecular flexibility index (Phi) is 13.0.